The molecule has 1 N–H and O–H groups in total. The van der Waals surface area contributed by atoms with E-state index in [1.807, 2.05) is 25.9 Å². The highest BCUT2D eigenvalue weighted by Crippen LogP contribution is 2.34. The number of amides is 1. The van der Waals surface area contributed by atoms with E-state index < -0.39 is 22.2 Å². The van der Waals surface area contributed by atoms with Crippen LogP contribution in [0.15, 0.2) is 23.1 Å². The number of nitrogens with zero attached hydrogens (tertiary/aromatic N) is 3. The summed E-state index contributed by atoms with van der Waals surface area (Å²) in [7, 11) is 1.73. The summed E-state index contributed by atoms with van der Waals surface area (Å²) in [5, 5.41) is 9.77. The van der Waals surface area contributed by atoms with Crippen molar-refractivity contribution in [2.24, 2.45) is 11.8 Å². The van der Waals surface area contributed by atoms with Crippen LogP contribution in [0.1, 0.15) is 38.7 Å². The van der Waals surface area contributed by atoms with Crippen molar-refractivity contribution in [2.45, 2.75) is 50.2 Å². The molecule has 1 aliphatic heterocycles. The van der Waals surface area contributed by atoms with E-state index in [0.717, 1.165) is 19.3 Å². The molecule has 8 nitrogen and oxygen atoms in total. The van der Waals surface area contributed by atoms with Gasteiger partial charge in [-0.1, -0.05) is 25.2 Å². The van der Waals surface area contributed by atoms with Gasteiger partial charge in [0.25, 0.3) is 0 Å². The number of hydrogen-bond donors (Lipinski definition) is 1. The largest absolute Gasteiger partial charge is 0.487 e. The number of rotatable bonds is 6. The number of benzene rings is 1. The molecule has 0 bridgehead atoms. The molecule has 3 rings (SSSR count). The lowest BCUT2D eigenvalue weighted by atomic mass is 9.84. The van der Waals surface area contributed by atoms with Crippen molar-refractivity contribution in [1.82, 2.24) is 14.1 Å². The van der Waals surface area contributed by atoms with Crippen LogP contribution in [0, 0.1) is 23.7 Å². The van der Waals surface area contributed by atoms with Gasteiger partial charge in [0.1, 0.15) is 16.7 Å². The predicted octanol–water partition coefficient (Wildman–Crippen LogP) is 1.63. The van der Waals surface area contributed by atoms with E-state index in [1.165, 1.54) is 10.4 Å². The first kappa shape index (κ1) is 26.5. The Hall–Kier alpha value is -2.12. The fourth-order valence-electron chi connectivity index (χ4n) is 4.15. The summed E-state index contributed by atoms with van der Waals surface area (Å²) in [5.74, 6) is 6.33. The Morgan fingerprint density at radius 1 is 1.29 bits per heavy atom. The van der Waals surface area contributed by atoms with Crippen molar-refractivity contribution >= 4 is 15.9 Å². The fraction of sp³-hybridized carbons (Fsp3) is 0.640. The molecule has 188 valence electrons. The minimum absolute atomic E-state index is 0.0517. The van der Waals surface area contributed by atoms with E-state index in [1.54, 1.807) is 31.0 Å². The van der Waals surface area contributed by atoms with Gasteiger partial charge in [-0.05, 0) is 52.1 Å². The van der Waals surface area contributed by atoms with Crippen molar-refractivity contribution in [3.63, 3.8) is 0 Å². The highest BCUT2D eigenvalue weighted by molar-refractivity contribution is 7.89. The van der Waals surface area contributed by atoms with Crippen LogP contribution in [0.4, 0.5) is 0 Å². The lowest BCUT2D eigenvalue weighted by Gasteiger charge is -2.38. The SMILES string of the molecule is C[C@@H]1CN([C@@H](C)CO)S(=O)(=O)c2ccc(C#CCN(C)C)cc2O[C@H]1CN(C)C(=O)C1CCC1. The maximum atomic E-state index is 13.5. The molecular formula is C25H37N3O5S. The third kappa shape index (κ3) is 5.92. The summed E-state index contributed by atoms with van der Waals surface area (Å²) in [6.07, 6.45) is 2.50. The molecule has 0 aromatic heterocycles. The Kier molecular flexibility index (Phi) is 8.63. The molecule has 1 aromatic rings. The average Bonchev–Trinajstić information content (AvgIpc) is 2.74. The predicted molar refractivity (Wildman–Crippen MR) is 131 cm³/mol. The second-order valence-electron chi connectivity index (χ2n) is 9.79. The van der Waals surface area contributed by atoms with Crippen LogP contribution in [-0.4, -0.2) is 93.1 Å². The van der Waals surface area contributed by atoms with Gasteiger partial charge in [-0.3, -0.25) is 9.69 Å². The van der Waals surface area contributed by atoms with Crippen LogP contribution < -0.4 is 4.74 Å². The number of aliphatic hydroxyl groups is 1. The zero-order valence-electron chi connectivity index (χ0n) is 20.8. The van der Waals surface area contributed by atoms with Gasteiger partial charge in [-0.2, -0.15) is 4.31 Å². The Labute approximate surface area is 203 Å². The number of fused-ring (bicyclic) bond motifs is 1. The minimum atomic E-state index is -3.90. The zero-order valence-corrected chi connectivity index (χ0v) is 21.6. The normalized spacial score (nSPS) is 23.4. The molecule has 0 radical (unpaired) electrons. The molecule has 1 heterocycles. The summed E-state index contributed by atoms with van der Waals surface area (Å²) >= 11 is 0. The number of aliphatic hydroxyl groups excluding tert-OH is 1. The van der Waals surface area contributed by atoms with E-state index in [0.29, 0.717) is 18.7 Å². The Bertz CT molecular complexity index is 1040. The number of hydrogen-bond acceptors (Lipinski definition) is 6. The number of carbonyl (C=O) groups excluding carboxylic acids is 1. The van der Waals surface area contributed by atoms with E-state index in [4.69, 9.17) is 4.74 Å². The van der Waals surface area contributed by atoms with Gasteiger partial charge in [0.15, 0.2) is 0 Å². The first-order valence-electron chi connectivity index (χ1n) is 11.9. The third-order valence-corrected chi connectivity index (χ3v) is 8.60. The van der Waals surface area contributed by atoms with Gasteiger partial charge in [0.2, 0.25) is 15.9 Å². The maximum absolute atomic E-state index is 13.5. The van der Waals surface area contributed by atoms with Gasteiger partial charge in [0, 0.05) is 37.0 Å². The maximum Gasteiger partial charge on any atom is 0.247 e. The van der Waals surface area contributed by atoms with E-state index >= 15 is 0 Å². The molecule has 2 aliphatic rings. The van der Waals surface area contributed by atoms with Crippen molar-refractivity contribution in [2.75, 3.05) is 47.4 Å². The highest BCUT2D eigenvalue weighted by atomic mass is 32.2. The number of carbonyl (C=O) groups is 1. The molecule has 1 aromatic carbocycles. The molecule has 1 amide bonds. The zero-order chi connectivity index (χ0) is 25.0. The second kappa shape index (κ2) is 11.1. The van der Waals surface area contributed by atoms with Crippen LogP contribution in [-0.2, 0) is 14.8 Å². The Morgan fingerprint density at radius 3 is 2.59 bits per heavy atom. The van der Waals surface area contributed by atoms with E-state index in [9.17, 15) is 18.3 Å². The third-order valence-electron chi connectivity index (χ3n) is 6.58. The van der Waals surface area contributed by atoms with Gasteiger partial charge < -0.3 is 14.7 Å². The van der Waals surface area contributed by atoms with Crippen LogP contribution in [0.3, 0.4) is 0 Å². The van der Waals surface area contributed by atoms with Crippen LogP contribution in [0.25, 0.3) is 0 Å². The fourth-order valence-corrected chi connectivity index (χ4v) is 5.97. The molecule has 1 fully saturated rings. The average molecular weight is 492 g/mol. The molecule has 1 aliphatic carbocycles. The summed E-state index contributed by atoms with van der Waals surface area (Å²) in [5.41, 5.74) is 0.656. The van der Waals surface area contributed by atoms with Crippen LogP contribution in [0.5, 0.6) is 5.75 Å². The number of likely N-dealkylation sites (N-methyl/N-ethyl adjacent to an activating group) is 1. The topological polar surface area (TPSA) is 90.4 Å². The molecule has 3 atom stereocenters. The highest BCUT2D eigenvalue weighted by Gasteiger charge is 2.39. The van der Waals surface area contributed by atoms with Crippen molar-refractivity contribution in [3.8, 4) is 17.6 Å². The lowest BCUT2D eigenvalue weighted by Crippen LogP contribution is -2.50. The van der Waals surface area contributed by atoms with Gasteiger partial charge in [-0.25, -0.2) is 8.42 Å². The molecule has 1 saturated carbocycles. The summed E-state index contributed by atoms with van der Waals surface area (Å²) in [6.45, 7) is 4.43. The monoisotopic (exact) mass is 491 g/mol. The van der Waals surface area contributed by atoms with Crippen LogP contribution in [0.2, 0.25) is 0 Å². The standard InChI is InChI=1S/C25H37N3O5S/c1-18-15-28(19(2)17-29)34(31,32)24-12-11-20(8-7-13-26(3)4)14-22(24)33-23(18)16-27(5)25(30)21-9-6-10-21/h11-12,14,18-19,21,23,29H,6,9-10,13,15-17H2,1-5H3/t18-,19+,23+/m1/s1. The van der Waals surface area contributed by atoms with Crippen molar-refractivity contribution in [3.05, 3.63) is 23.8 Å². The first-order valence-corrected chi connectivity index (χ1v) is 13.3. The minimum Gasteiger partial charge on any atom is -0.487 e. The molecule has 0 spiro atoms. The van der Waals surface area contributed by atoms with E-state index in [-0.39, 0.29) is 41.5 Å². The smallest absolute Gasteiger partial charge is 0.247 e. The number of ether oxygens (including phenoxy) is 1. The lowest BCUT2D eigenvalue weighted by molar-refractivity contribution is -0.138. The molecule has 34 heavy (non-hydrogen) atoms. The van der Waals surface area contributed by atoms with E-state index in [2.05, 4.69) is 11.8 Å². The molecule has 0 saturated heterocycles. The molecule has 0 unspecified atom stereocenters. The van der Waals surface area contributed by atoms with Gasteiger partial charge in [-0.15, -0.1) is 0 Å². The van der Waals surface area contributed by atoms with Crippen molar-refractivity contribution < 1.29 is 23.1 Å². The van der Waals surface area contributed by atoms with Crippen LogP contribution >= 0.6 is 0 Å². The molecule has 9 heteroatoms. The molecular weight excluding hydrogens is 454 g/mol. The summed E-state index contributed by atoms with van der Waals surface area (Å²) in [4.78, 5) is 16.5. The quantitative estimate of drug-likeness (QED) is 0.609. The summed E-state index contributed by atoms with van der Waals surface area (Å²) < 4.78 is 34.7. The Balaban J connectivity index is 1.98. The van der Waals surface area contributed by atoms with Gasteiger partial charge >= 0.3 is 0 Å². The van der Waals surface area contributed by atoms with Gasteiger partial charge in [0.05, 0.1) is 19.7 Å². The van der Waals surface area contributed by atoms with Crippen molar-refractivity contribution in [1.29, 1.82) is 0 Å². The number of sulfonamides is 1. The summed E-state index contributed by atoms with van der Waals surface area (Å²) in [6, 6.07) is 4.28. The first-order chi connectivity index (χ1) is 16.0. The Morgan fingerprint density at radius 2 is 2.00 bits per heavy atom. The second-order valence-corrected chi connectivity index (χ2v) is 11.6.